The third-order valence-corrected chi connectivity index (χ3v) is 5.28. The molecule has 0 radical (unpaired) electrons. The second-order valence-corrected chi connectivity index (χ2v) is 6.67. The van der Waals surface area contributed by atoms with Crippen molar-refractivity contribution < 1.29 is 0 Å². The van der Waals surface area contributed by atoms with E-state index in [1.165, 1.54) is 50.0 Å². The Kier molecular flexibility index (Phi) is 6.56. The molecule has 1 N–H and O–H groups in total. The summed E-state index contributed by atoms with van der Waals surface area (Å²) in [5.74, 6) is 0. The number of hydrogen-bond acceptors (Lipinski definition) is 2. The third-order valence-electron chi connectivity index (χ3n) is 5.28. The maximum atomic E-state index is 3.69. The van der Waals surface area contributed by atoms with E-state index in [0.29, 0.717) is 11.6 Å². The minimum atomic E-state index is 0. The highest BCUT2D eigenvalue weighted by molar-refractivity contribution is 5.85. The summed E-state index contributed by atoms with van der Waals surface area (Å²) in [6.07, 6.45) is 5.13. The van der Waals surface area contributed by atoms with Crippen molar-refractivity contribution in [2.24, 2.45) is 0 Å². The predicted molar refractivity (Wildman–Crippen MR) is 107 cm³/mol. The van der Waals surface area contributed by atoms with Gasteiger partial charge in [0.15, 0.2) is 0 Å². The normalized spacial score (nSPS) is 19.7. The van der Waals surface area contributed by atoms with Crippen LogP contribution in [0.25, 0.3) is 0 Å². The highest BCUT2D eigenvalue weighted by Crippen LogP contribution is 2.51. The van der Waals surface area contributed by atoms with Crippen LogP contribution in [0.1, 0.15) is 31.2 Å². The third kappa shape index (κ3) is 3.88. The lowest BCUT2D eigenvalue weighted by Gasteiger charge is -2.39. The summed E-state index contributed by atoms with van der Waals surface area (Å²) in [5, 5.41) is 3.69. The lowest BCUT2D eigenvalue weighted by molar-refractivity contribution is 0.139. The molecule has 1 saturated carbocycles. The minimum Gasteiger partial charge on any atom is -0.382 e. The second kappa shape index (κ2) is 8.24. The van der Waals surface area contributed by atoms with E-state index in [0.717, 1.165) is 0 Å². The van der Waals surface area contributed by atoms with Crippen molar-refractivity contribution in [3.8, 4) is 0 Å². The molecule has 130 valence electrons. The van der Waals surface area contributed by atoms with Crippen LogP contribution in [0.5, 0.6) is 0 Å². The van der Waals surface area contributed by atoms with Gasteiger partial charge in [-0.1, -0.05) is 48.5 Å². The molecular weight excluding hydrogens is 339 g/mol. The highest BCUT2D eigenvalue weighted by Gasteiger charge is 2.49. The average molecular weight is 365 g/mol. The molecule has 2 fully saturated rings. The van der Waals surface area contributed by atoms with Crippen LogP contribution in [-0.2, 0) is 5.54 Å². The number of halogens is 2. The molecule has 1 saturated heterocycles. The van der Waals surface area contributed by atoms with Crippen molar-refractivity contribution in [1.82, 2.24) is 4.90 Å². The van der Waals surface area contributed by atoms with Crippen LogP contribution in [0, 0.1) is 0 Å². The Morgan fingerprint density at radius 3 is 1.88 bits per heavy atom. The first-order valence-electron chi connectivity index (χ1n) is 8.49. The molecule has 0 bridgehead atoms. The fourth-order valence-electron chi connectivity index (χ4n) is 3.88. The SMILES string of the molecule is Cl.Cl.c1ccc(NC2CCN(C3(c4ccccc4)CC3)CC2)cc1. The van der Waals surface area contributed by atoms with E-state index in [1.807, 2.05) is 0 Å². The van der Waals surface area contributed by atoms with Gasteiger partial charge in [0, 0.05) is 30.4 Å². The quantitative estimate of drug-likeness (QED) is 0.811. The van der Waals surface area contributed by atoms with Gasteiger partial charge in [0.25, 0.3) is 0 Å². The molecule has 4 rings (SSSR count). The van der Waals surface area contributed by atoms with Gasteiger partial charge < -0.3 is 5.32 Å². The van der Waals surface area contributed by atoms with E-state index < -0.39 is 0 Å². The number of nitrogens with one attached hydrogen (secondary N) is 1. The zero-order chi connectivity index (χ0) is 14.8. The van der Waals surface area contributed by atoms with E-state index in [2.05, 4.69) is 70.9 Å². The summed E-state index contributed by atoms with van der Waals surface area (Å²) in [7, 11) is 0. The van der Waals surface area contributed by atoms with Gasteiger partial charge in [-0.25, -0.2) is 0 Å². The lowest BCUT2D eigenvalue weighted by atomic mass is 9.97. The van der Waals surface area contributed by atoms with E-state index in [4.69, 9.17) is 0 Å². The first kappa shape index (κ1) is 19.1. The molecule has 4 heteroatoms. The molecule has 2 nitrogen and oxygen atoms in total. The Balaban J connectivity index is 0.00000104. The number of likely N-dealkylation sites (tertiary alicyclic amines) is 1. The maximum absolute atomic E-state index is 3.69. The molecule has 2 aromatic rings. The largest absolute Gasteiger partial charge is 0.382 e. The number of rotatable bonds is 4. The van der Waals surface area contributed by atoms with Gasteiger partial charge in [0.1, 0.15) is 0 Å². The van der Waals surface area contributed by atoms with Gasteiger partial charge in [-0.3, -0.25) is 4.90 Å². The summed E-state index contributed by atoms with van der Waals surface area (Å²) < 4.78 is 0. The van der Waals surface area contributed by atoms with Crippen LogP contribution >= 0.6 is 24.8 Å². The van der Waals surface area contributed by atoms with Crippen molar-refractivity contribution in [2.45, 2.75) is 37.3 Å². The number of nitrogens with zero attached hydrogens (tertiary/aromatic N) is 1. The summed E-state index contributed by atoms with van der Waals surface area (Å²) in [6.45, 7) is 2.42. The van der Waals surface area contributed by atoms with Gasteiger partial charge in [-0.05, 0) is 43.4 Å². The molecule has 1 heterocycles. The molecular formula is C20H26Cl2N2. The Hall–Kier alpha value is -1.22. The van der Waals surface area contributed by atoms with Gasteiger partial charge in [-0.2, -0.15) is 0 Å². The second-order valence-electron chi connectivity index (χ2n) is 6.67. The van der Waals surface area contributed by atoms with Crippen molar-refractivity contribution in [3.63, 3.8) is 0 Å². The van der Waals surface area contributed by atoms with Crippen molar-refractivity contribution >= 4 is 30.5 Å². The molecule has 0 spiro atoms. The molecule has 1 aliphatic carbocycles. The fraction of sp³-hybridized carbons (Fsp3) is 0.400. The van der Waals surface area contributed by atoms with Crippen molar-refractivity contribution in [1.29, 1.82) is 0 Å². The first-order chi connectivity index (χ1) is 10.9. The van der Waals surface area contributed by atoms with Crippen molar-refractivity contribution in [2.75, 3.05) is 18.4 Å². The molecule has 2 aliphatic rings. The average Bonchev–Trinajstić information content (AvgIpc) is 3.39. The zero-order valence-corrected chi connectivity index (χ0v) is 15.5. The topological polar surface area (TPSA) is 15.3 Å². The molecule has 24 heavy (non-hydrogen) atoms. The van der Waals surface area contributed by atoms with Crippen LogP contribution in [0.15, 0.2) is 60.7 Å². The molecule has 1 aliphatic heterocycles. The number of hydrogen-bond donors (Lipinski definition) is 1. The number of piperidine rings is 1. The molecule has 2 aromatic carbocycles. The Morgan fingerprint density at radius 2 is 1.33 bits per heavy atom. The standard InChI is InChI=1S/C20H24N2.2ClH/c1-3-7-17(8-4-1)20(13-14-20)22-15-11-19(12-16-22)21-18-9-5-2-6-10-18;;/h1-10,19,21H,11-16H2;2*1H. The first-order valence-corrected chi connectivity index (χ1v) is 8.49. The minimum absolute atomic E-state index is 0. The molecule has 0 amide bonds. The number of para-hydroxylation sites is 1. The maximum Gasteiger partial charge on any atom is 0.0462 e. The van der Waals surface area contributed by atoms with E-state index in [1.54, 1.807) is 0 Å². The summed E-state index contributed by atoms with van der Waals surface area (Å²) in [6, 6.07) is 22.3. The van der Waals surface area contributed by atoms with Crippen molar-refractivity contribution in [3.05, 3.63) is 66.2 Å². The van der Waals surface area contributed by atoms with Gasteiger partial charge >= 0.3 is 0 Å². The van der Waals surface area contributed by atoms with Crippen LogP contribution in [0.2, 0.25) is 0 Å². The van der Waals surface area contributed by atoms with Crippen LogP contribution in [0.4, 0.5) is 5.69 Å². The van der Waals surface area contributed by atoms with E-state index in [-0.39, 0.29) is 24.8 Å². The summed E-state index contributed by atoms with van der Waals surface area (Å²) in [5.41, 5.74) is 3.13. The molecule has 0 aromatic heterocycles. The molecule has 0 atom stereocenters. The number of anilines is 1. The van der Waals surface area contributed by atoms with Gasteiger partial charge in [0.05, 0.1) is 0 Å². The lowest BCUT2D eigenvalue weighted by Crippen LogP contribution is -2.44. The summed E-state index contributed by atoms with van der Waals surface area (Å²) in [4.78, 5) is 2.73. The van der Waals surface area contributed by atoms with E-state index in [9.17, 15) is 0 Å². The van der Waals surface area contributed by atoms with Crippen LogP contribution in [0.3, 0.4) is 0 Å². The fourth-order valence-corrected chi connectivity index (χ4v) is 3.88. The smallest absolute Gasteiger partial charge is 0.0462 e. The molecule has 0 unspecified atom stereocenters. The predicted octanol–water partition coefficient (Wildman–Crippen LogP) is 5.10. The van der Waals surface area contributed by atoms with Crippen LogP contribution in [-0.4, -0.2) is 24.0 Å². The highest BCUT2D eigenvalue weighted by atomic mass is 35.5. The van der Waals surface area contributed by atoms with Gasteiger partial charge in [-0.15, -0.1) is 24.8 Å². The Labute approximate surface area is 157 Å². The summed E-state index contributed by atoms with van der Waals surface area (Å²) >= 11 is 0. The Morgan fingerprint density at radius 1 is 0.792 bits per heavy atom. The number of benzene rings is 2. The Bertz CT molecular complexity index is 606. The van der Waals surface area contributed by atoms with Gasteiger partial charge in [0.2, 0.25) is 0 Å². The van der Waals surface area contributed by atoms with E-state index >= 15 is 0 Å². The monoisotopic (exact) mass is 364 g/mol. The zero-order valence-electron chi connectivity index (χ0n) is 13.9. The van der Waals surface area contributed by atoms with Crippen LogP contribution < -0.4 is 5.32 Å².